The van der Waals surface area contributed by atoms with Gasteiger partial charge in [-0.1, -0.05) is 5.92 Å². The van der Waals surface area contributed by atoms with Crippen LogP contribution in [0.1, 0.15) is 12.5 Å². The Morgan fingerprint density at radius 1 is 0.875 bits per heavy atom. The van der Waals surface area contributed by atoms with Crippen LogP contribution in [-0.4, -0.2) is 115 Å². The zero-order chi connectivity index (χ0) is 34.0. The number of imidazole rings is 2. The van der Waals surface area contributed by atoms with Crippen molar-refractivity contribution in [3.05, 3.63) is 19.0 Å². The Labute approximate surface area is 267 Å². The Hall–Kier alpha value is -3.88. The minimum atomic E-state index is -5.12. The molecule has 23 nitrogen and oxygen atoms in total. The van der Waals surface area contributed by atoms with Crippen LogP contribution in [0.2, 0.25) is 0 Å². The Morgan fingerprint density at radius 2 is 1.52 bits per heavy atom. The highest BCUT2D eigenvalue weighted by molar-refractivity contribution is 7.47. The van der Waals surface area contributed by atoms with Crippen LogP contribution < -0.4 is 16.2 Å². The highest BCUT2D eigenvalue weighted by Gasteiger charge is 2.54. The quantitative estimate of drug-likeness (QED) is 0.102. The van der Waals surface area contributed by atoms with Crippen LogP contribution in [0.4, 0.5) is 11.8 Å². The molecule has 25 heteroatoms. The number of rotatable bonds is 4. The number of phosphoric ester groups is 2. The first kappa shape index (κ1) is 32.7. The summed E-state index contributed by atoms with van der Waals surface area (Å²) >= 11 is 0. The van der Waals surface area contributed by atoms with Gasteiger partial charge in [-0.25, -0.2) is 29.1 Å². The fourth-order valence-corrected chi connectivity index (χ4v) is 7.37. The lowest BCUT2D eigenvalue weighted by Gasteiger charge is -2.25. The van der Waals surface area contributed by atoms with Crippen molar-refractivity contribution in [3.63, 3.8) is 0 Å². The molecule has 48 heavy (non-hydrogen) atoms. The summed E-state index contributed by atoms with van der Waals surface area (Å²) in [6.07, 6.45) is -3.77. The van der Waals surface area contributed by atoms with Crippen molar-refractivity contribution >= 4 is 49.7 Å². The highest BCUT2D eigenvalue weighted by atomic mass is 31.2. The van der Waals surface area contributed by atoms with Crippen LogP contribution in [0.25, 0.3) is 22.3 Å². The van der Waals surface area contributed by atoms with Crippen LogP contribution in [0.15, 0.2) is 19.0 Å². The largest absolute Gasteiger partial charge is 0.472 e. The Morgan fingerprint density at radius 3 is 2.25 bits per heavy atom. The summed E-state index contributed by atoms with van der Waals surface area (Å²) in [5.74, 6) is 1.98. The molecule has 0 radical (unpaired) electrons. The molecule has 0 amide bonds. The minimum Gasteiger partial charge on any atom is -0.463 e. The normalized spacial score (nSPS) is 35.8. The number of aromatic nitrogens is 8. The van der Waals surface area contributed by atoms with Gasteiger partial charge in [-0.05, 0) is 0 Å². The molecular weight excluding hydrogens is 686 g/mol. The molecule has 0 aromatic carbocycles. The summed E-state index contributed by atoms with van der Waals surface area (Å²) in [5, 5.41) is 22.3. The number of aliphatic hydroxyl groups is 2. The zero-order valence-corrected chi connectivity index (χ0v) is 25.9. The molecular formula is C23H26N10O13P2. The van der Waals surface area contributed by atoms with Crippen molar-refractivity contribution < 1.29 is 61.4 Å². The lowest BCUT2D eigenvalue weighted by molar-refractivity contribution is -0.0672. The number of nitrogens with zero attached hydrogens (tertiary/aromatic N) is 8. The molecule has 3 saturated heterocycles. The van der Waals surface area contributed by atoms with E-state index in [1.54, 1.807) is 0 Å². The molecule has 3 aliphatic rings. The van der Waals surface area contributed by atoms with Crippen molar-refractivity contribution in [3.8, 4) is 18.2 Å². The Kier molecular flexibility index (Phi) is 8.31. The highest BCUT2D eigenvalue weighted by Crippen LogP contribution is 2.53. The third-order valence-electron chi connectivity index (χ3n) is 7.57. The fraction of sp³-hybridized carbons (Fsp3) is 0.478. The molecule has 7 heterocycles. The van der Waals surface area contributed by atoms with Crippen LogP contribution in [0, 0.1) is 12.3 Å². The second-order valence-electron chi connectivity index (χ2n) is 10.6. The van der Waals surface area contributed by atoms with E-state index in [1.807, 2.05) is 0 Å². The van der Waals surface area contributed by atoms with Crippen molar-refractivity contribution in [1.29, 1.82) is 0 Å². The lowest BCUT2D eigenvalue weighted by atomic mass is 10.1. The third-order valence-corrected chi connectivity index (χ3v) is 9.54. The first-order valence-corrected chi connectivity index (χ1v) is 16.8. The standard InChI is InChI=1S/C23H26N10O13P2/c1-2-3-40-20-12-19(30-23(25)31-20)33(8-29-12)22-16-13(34)9(43-22)4-41-47(36,37)45-15-10(5-42-48(38,39)46-16)44-21(14(15)35)32-7-28-11-17(24)26-6-27-18(11)32/h1,6-10,13-16,21-22,34-35H,3-5H2,(H,36,37)(H,38,39)(H2,24,26,27)(H2,25,30,31). The fourth-order valence-electron chi connectivity index (χ4n) is 5.47. The van der Waals surface area contributed by atoms with Crippen LogP contribution >= 0.6 is 15.6 Å². The molecule has 8 N–H and O–H groups in total. The maximum Gasteiger partial charge on any atom is 0.472 e. The molecule has 3 fully saturated rings. The second-order valence-corrected chi connectivity index (χ2v) is 13.4. The summed E-state index contributed by atoms with van der Waals surface area (Å²) in [6, 6.07) is 0. The number of nitrogens with two attached hydrogens (primary N) is 2. The smallest absolute Gasteiger partial charge is 0.463 e. The number of hydrogen-bond acceptors (Lipinski definition) is 19. The van der Waals surface area contributed by atoms with Gasteiger partial charge < -0.3 is 45.7 Å². The van der Waals surface area contributed by atoms with Gasteiger partial charge in [0.05, 0.1) is 25.9 Å². The van der Waals surface area contributed by atoms with Gasteiger partial charge in [0.2, 0.25) is 11.8 Å². The molecule has 2 bridgehead atoms. The molecule has 7 rings (SSSR count). The van der Waals surface area contributed by atoms with Gasteiger partial charge in [-0.2, -0.15) is 9.97 Å². The van der Waals surface area contributed by atoms with Gasteiger partial charge in [-0.15, -0.1) is 6.42 Å². The number of aliphatic hydroxyl groups excluding tert-OH is 2. The number of hydrogen-bond donors (Lipinski definition) is 6. The van der Waals surface area contributed by atoms with Gasteiger partial charge >= 0.3 is 15.6 Å². The maximum absolute atomic E-state index is 13.3. The van der Waals surface area contributed by atoms with E-state index >= 15 is 0 Å². The molecule has 10 unspecified atom stereocenters. The summed E-state index contributed by atoms with van der Waals surface area (Å²) in [4.78, 5) is 45.8. The zero-order valence-electron chi connectivity index (χ0n) is 24.1. The van der Waals surface area contributed by atoms with E-state index in [2.05, 4.69) is 35.8 Å². The molecule has 0 spiro atoms. The first-order chi connectivity index (χ1) is 22.9. The maximum atomic E-state index is 13.3. The predicted octanol–water partition coefficient (Wildman–Crippen LogP) is -1.62. The summed E-state index contributed by atoms with van der Waals surface area (Å²) in [5.41, 5.74) is 12.1. The lowest BCUT2D eigenvalue weighted by Crippen LogP contribution is -2.36. The number of ether oxygens (including phenoxy) is 3. The third kappa shape index (κ3) is 5.87. The van der Waals surface area contributed by atoms with Crippen molar-refractivity contribution in [2.75, 3.05) is 31.3 Å². The summed E-state index contributed by atoms with van der Waals surface area (Å²) in [6.45, 7) is -1.81. The molecule has 4 aromatic heterocycles. The Bertz CT molecular complexity index is 2010. The van der Waals surface area contributed by atoms with Gasteiger partial charge in [0.15, 0.2) is 41.7 Å². The summed E-state index contributed by atoms with van der Waals surface area (Å²) in [7, 11) is -10.2. The number of nitrogen functional groups attached to an aromatic ring is 2. The SMILES string of the molecule is C#CCOc1nc(N)nc2c1ncn2C1OC2COP(=O)(O)OC3C(COP(=O)(O)OC1C2O)OC(n1cnc2c(N)ncnc21)C3O. The van der Waals surface area contributed by atoms with Gasteiger partial charge in [-0.3, -0.25) is 27.2 Å². The average molecular weight is 712 g/mol. The molecule has 0 saturated carbocycles. The van der Waals surface area contributed by atoms with E-state index in [1.165, 1.54) is 21.8 Å². The predicted molar refractivity (Wildman–Crippen MR) is 155 cm³/mol. The topological polar surface area (TPSA) is 319 Å². The summed E-state index contributed by atoms with van der Waals surface area (Å²) < 4.78 is 67.1. The molecule has 0 aliphatic carbocycles. The Balaban J connectivity index is 1.20. The van der Waals surface area contributed by atoms with E-state index in [-0.39, 0.29) is 46.6 Å². The van der Waals surface area contributed by atoms with Crippen LogP contribution in [0.3, 0.4) is 0 Å². The van der Waals surface area contributed by atoms with Crippen LogP contribution in [-0.2, 0) is 36.7 Å². The van der Waals surface area contributed by atoms with Crippen molar-refractivity contribution in [2.24, 2.45) is 0 Å². The first-order valence-electron chi connectivity index (χ1n) is 13.8. The number of anilines is 2. The van der Waals surface area contributed by atoms with Crippen LogP contribution in [0.5, 0.6) is 5.88 Å². The monoisotopic (exact) mass is 712 g/mol. The van der Waals surface area contributed by atoms with Gasteiger partial charge in [0.1, 0.15) is 48.5 Å². The van der Waals surface area contributed by atoms with Crippen molar-refractivity contribution in [2.45, 2.75) is 49.1 Å². The minimum absolute atomic E-state index is 0.00543. The van der Waals surface area contributed by atoms with E-state index in [0.29, 0.717) is 0 Å². The van der Waals surface area contributed by atoms with E-state index in [9.17, 15) is 29.1 Å². The molecule has 4 aromatic rings. The molecule has 10 atom stereocenters. The van der Waals surface area contributed by atoms with E-state index < -0.39 is 77.9 Å². The average Bonchev–Trinajstić information content (AvgIpc) is 3.79. The second kappa shape index (κ2) is 12.2. The number of terminal acetylenes is 1. The molecule has 3 aliphatic heterocycles. The number of phosphoric acid groups is 2. The molecule has 256 valence electrons. The van der Waals surface area contributed by atoms with E-state index in [0.717, 1.165) is 6.33 Å². The van der Waals surface area contributed by atoms with E-state index in [4.69, 9.17) is 50.2 Å². The van der Waals surface area contributed by atoms with Gasteiger partial charge in [0, 0.05) is 0 Å². The van der Waals surface area contributed by atoms with Gasteiger partial charge in [0.25, 0.3) is 0 Å². The van der Waals surface area contributed by atoms with Crippen molar-refractivity contribution in [1.82, 2.24) is 39.0 Å². The number of fused-ring (bicyclic) bond motifs is 5.